The van der Waals surface area contributed by atoms with Crippen LogP contribution >= 0.6 is 0 Å². The summed E-state index contributed by atoms with van der Waals surface area (Å²) in [6.07, 6.45) is 8.46. The molecular weight excluding hydrogens is 318 g/mol. The van der Waals surface area contributed by atoms with Gasteiger partial charge in [-0.1, -0.05) is 19.3 Å². The monoisotopic (exact) mass is 343 g/mol. The number of nitriles is 1. The van der Waals surface area contributed by atoms with Crippen molar-refractivity contribution in [3.8, 4) is 6.07 Å². The molecule has 7 heteroatoms. The highest BCUT2D eigenvalue weighted by molar-refractivity contribution is 5.92. The summed E-state index contributed by atoms with van der Waals surface area (Å²) in [5.74, 6) is 0.130. The fourth-order valence-corrected chi connectivity index (χ4v) is 3.66. The summed E-state index contributed by atoms with van der Waals surface area (Å²) < 4.78 is 1.94. The molecule has 2 aliphatic heterocycles. The SMILES string of the molecule is N#C[C@H](C(=O)CN1CCCCCCC1=O)c1nnc2n1CCCCC2. The average molecular weight is 343 g/mol. The zero-order valence-electron chi connectivity index (χ0n) is 14.6. The Morgan fingerprint density at radius 1 is 1.04 bits per heavy atom. The second-order valence-corrected chi connectivity index (χ2v) is 6.94. The van der Waals surface area contributed by atoms with Gasteiger partial charge >= 0.3 is 0 Å². The molecule has 3 rings (SSSR count). The van der Waals surface area contributed by atoms with Crippen LogP contribution in [0.1, 0.15) is 68.9 Å². The van der Waals surface area contributed by atoms with E-state index in [0.717, 1.165) is 63.7 Å². The Balaban J connectivity index is 1.74. The summed E-state index contributed by atoms with van der Waals surface area (Å²) in [4.78, 5) is 26.6. The number of aryl methyl sites for hydroxylation is 1. The smallest absolute Gasteiger partial charge is 0.222 e. The summed E-state index contributed by atoms with van der Waals surface area (Å²) in [5, 5.41) is 17.9. The molecule has 3 heterocycles. The first kappa shape index (κ1) is 17.6. The van der Waals surface area contributed by atoms with E-state index in [1.54, 1.807) is 4.90 Å². The maximum atomic E-state index is 12.8. The highest BCUT2D eigenvalue weighted by Gasteiger charge is 2.30. The van der Waals surface area contributed by atoms with E-state index in [-0.39, 0.29) is 18.2 Å². The molecule has 1 saturated heterocycles. The van der Waals surface area contributed by atoms with Crippen LogP contribution in [0.15, 0.2) is 0 Å². The molecule has 0 spiro atoms. The fourth-order valence-electron chi connectivity index (χ4n) is 3.66. The molecule has 25 heavy (non-hydrogen) atoms. The Labute approximate surface area is 148 Å². The molecule has 0 saturated carbocycles. The lowest BCUT2D eigenvalue weighted by molar-refractivity contribution is -0.136. The van der Waals surface area contributed by atoms with Crippen LogP contribution < -0.4 is 0 Å². The molecule has 1 aromatic rings. The first-order chi connectivity index (χ1) is 12.2. The van der Waals surface area contributed by atoms with Gasteiger partial charge in [0.05, 0.1) is 12.6 Å². The first-order valence-corrected chi connectivity index (χ1v) is 9.33. The van der Waals surface area contributed by atoms with Crippen LogP contribution in [0.25, 0.3) is 0 Å². The number of fused-ring (bicyclic) bond motifs is 1. The van der Waals surface area contributed by atoms with Crippen LogP contribution in [0.4, 0.5) is 0 Å². The predicted molar refractivity (Wildman–Crippen MR) is 90.6 cm³/mol. The largest absolute Gasteiger partial charge is 0.335 e. The number of carbonyl (C=O) groups is 2. The third-order valence-corrected chi connectivity index (χ3v) is 5.12. The minimum Gasteiger partial charge on any atom is -0.335 e. The number of hydrogen-bond acceptors (Lipinski definition) is 5. The normalized spacial score (nSPS) is 20.0. The molecule has 1 atom stereocenters. The third kappa shape index (κ3) is 4.06. The zero-order valence-corrected chi connectivity index (χ0v) is 14.6. The molecular formula is C18H25N5O2. The number of amides is 1. The van der Waals surface area contributed by atoms with Crippen molar-refractivity contribution in [2.45, 2.75) is 70.3 Å². The minimum absolute atomic E-state index is 0.000741. The van der Waals surface area contributed by atoms with Gasteiger partial charge in [0.1, 0.15) is 5.82 Å². The summed E-state index contributed by atoms with van der Waals surface area (Å²) in [6.45, 7) is 1.35. The molecule has 7 nitrogen and oxygen atoms in total. The van der Waals surface area contributed by atoms with E-state index >= 15 is 0 Å². The van der Waals surface area contributed by atoms with E-state index < -0.39 is 5.92 Å². The summed E-state index contributed by atoms with van der Waals surface area (Å²) in [7, 11) is 0. The van der Waals surface area contributed by atoms with Gasteiger partial charge in [-0.05, 0) is 25.7 Å². The maximum absolute atomic E-state index is 12.8. The average Bonchev–Trinajstić information content (AvgIpc) is 2.84. The Morgan fingerprint density at radius 2 is 1.76 bits per heavy atom. The molecule has 1 fully saturated rings. The molecule has 0 radical (unpaired) electrons. The molecule has 2 aliphatic rings. The van der Waals surface area contributed by atoms with E-state index in [4.69, 9.17) is 0 Å². The summed E-state index contributed by atoms with van der Waals surface area (Å²) in [6, 6.07) is 2.10. The second-order valence-electron chi connectivity index (χ2n) is 6.94. The molecule has 1 aromatic heterocycles. The van der Waals surface area contributed by atoms with Gasteiger partial charge in [0.25, 0.3) is 0 Å². The van der Waals surface area contributed by atoms with Gasteiger partial charge in [-0.25, -0.2) is 0 Å². The van der Waals surface area contributed by atoms with E-state index in [9.17, 15) is 14.9 Å². The number of rotatable bonds is 4. The Hall–Kier alpha value is -2.23. The van der Waals surface area contributed by atoms with Gasteiger partial charge in [0, 0.05) is 25.9 Å². The third-order valence-electron chi connectivity index (χ3n) is 5.12. The molecule has 0 aliphatic carbocycles. The quantitative estimate of drug-likeness (QED) is 0.833. The van der Waals surface area contributed by atoms with E-state index in [2.05, 4.69) is 16.3 Å². The number of hydrogen-bond donors (Lipinski definition) is 0. The Kier molecular flexibility index (Phi) is 5.79. The minimum atomic E-state index is -0.947. The summed E-state index contributed by atoms with van der Waals surface area (Å²) >= 11 is 0. The van der Waals surface area contributed by atoms with Crippen molar-refractivity contribution >= 4 is 11.7 Å². The highest BCUT2D eigenvalue weighted by Crippen LogP contribution is 2.21. The second kappa shape index (κ2) is 8.24. The number of likely N-dealkylation sites (tertiary alicyclic amines) is 1. The molecule has 134 valence electrons. The zero-order chi connectivity index (χ0) is 17.6. The number of carbonyl (C=O) groups excluding carboxylic acids is 2. The molecule has 1 amide bonds. The van der Waals surface area contributed by atoms with Crippen molar-refractivity contribution < 1.29 is 9.59 Å². The lowest BCUT2D eigenvalue weighted by atomic mass is 10.0. The maximum Gasteiger partial charge on any atom is 0.222 e. The lowest BCUT2D eigenvalue weighted by Crippen LogP contribution is -2.39. The fraction of sp³-hybridized carbons (Fsp3) is 0.722. The van der Waals surface area contributed by atoms with Crippen molar-refractivity contribution in [2.24, 2.45) is 0 Å². The van der Waals surface area contributed by atoms with Crippen molar-refractivity contribution in [1.29, 1.82) is 5.26 Å². The molecule has 0 N–H and O–H groups in total. The van der Waals surface area contributed by atoms with Gasteiger partial charge in [0.15, 0.2) is 17.5 Å². The number of aromatic nitrogens is 3. The molecule has 0 bridgehead atoms. The van der Waals surface area contributed by atoms with Gasteiger partial charge < -0.3 is 9.47 Å². The van der Waals surface area contributed by atoms with Crippen molar-refractivity contribution in [3.05, 3.63) is 11.6 Å². The molecule has 0 unspecified atom stereocenters. The first-order valence-electron chi connectivity index (χ1n) is 9.33. The predicted octanol–water partition coefficient (Wildman–Crippen LogP) is 1.97. The van der Waals surface area contributed by atoms with Crippen LogP contribution in [0.5, 0.6) is 0 Å². The Morgan fingerprint density at radius 3 is 2.60 bits per heavy atom. The van der Waals surface area contributed by atoms with Crippen molar-refractivity contribution in [2.75, 3.05) is 13.1 Å². The molecule has 0 aromatic carbocycles. The van der Waals surface area contributed by atoms with Crippen LogP contribution in [0.2, 0.25) is 0 Å². The highest BCUT2D eigenvalue weighted by atomic mass is 16.2. The van der Waals surface area contributed by atoms with E-state index in [1.807, 2.05) is 4.57 Å². The van der Waals surface area contributed by atoms with E-state index in [0.29, 0.717) is 18.8 Å². The van der Waals surface area contributed by atoms with E-state index in [1.165, 1.54) is 0 Å². The van der Waals surface area contributed by atoms with Crippen molar-refractivity contribution in [3.63, 3.8) is 0 Å². The van der Waals surface area contributed by atoms with Crippen molar-refractivity contribution in [1.82, 2.24) is 19.7 Å². The van der Waals surface area contributed by atoms with Crippen LogP contribution in [-0.4, -0.2) is 44.4 Å². The summed E-state index contributed by atoms with van der Waals surface area (Å²) in [5.41, 5.74) is 0. The Bertz CT molecular complexity index is 675. The lowest BCUT2D eigenvalue weighted by Gasteiger charge is -2.25. The van der Waals surface area contributed by atoms with Gasteiger partial charge in [0.2, 0.25) is 5.91 Å². The van der Waals surface area contributed by atoms with Gasteiger partial charge in [-0.15, -0.1) is 10.2 Å². The van der Waals surface area contributed by atoms with Crippen LogP contribution in [0.3, 0.4) is 0 Å². The number of nitrogens with zero attached hydrogens (tertiary/aromatic N) is 5. The topological polar surface area (TPSA) is 91.9 Å². The number of Topliss-reactive ketones (excluding diaryl/α,β-unsaturated/α-hetero) is 1. The number of ketones is 1. The van der Waals surface area contributed by atoms with Crippen LogP contribution in [-0.2, 0) is 22.6 Å². The van der Waals surface area contributed by atoms with Gasteiger partial charge in [-0.3, -0.25) is 9.59 Å². The standard InChI is InChI=1S/C18H25N5O2/c19-12-14(18-21-20-16-8-4-3-7-11-23(16)18)15(24)13-22-10-6-2-1-5-9-17(22)25/h14H,1-11,13H2/t14-/m1/s1. The van der Waals surface area contributed by atoms with Crippen LogP contribution in [0, 0.1) is 11.3 Å². The van der Waals surface area contributed by atoms with Gasteiger partial charge in [-0.2, -0.15) is 5.26 Å².